The van der Waals surface area contributed by atoms with Crippen molar-refractivity contribution in [2.45, 2.75) is 19.8 Å². The smallest absolute Gasteiger partial charge is 0.407 e. The van der Waals surface area contributed by atoms with Crippen LogP contribution in [0.4, 0.5) is 10.5 Å². The summed E-state index contributed by atoms with van der Waals surface area (Å²) in [4.78, 5) is 70.8. The summed E-state index contributed by atoms with van der Waals surface area (Å²) in [5, 5.41) is 10.3. The van der Waals surface area contributed by atoms with E-state index in [0.29, 0.717) is 143 Å². The van der Waals surface area contributed by atoms with Crippen molar-refractivity contribution < 1.29 is 80.9 Å². The fourth-order valence-electron chi connectivity index (χ4n) is 5.54. The highest BCUT2D eigenvalue weighted by molar-refractivity contribution is 7.08. The number of hydrogen-bond donors (Lipinski definition) is 3. The zero-order valence-electron chi connectivity index (χ0n) is 38.5. The topological polar surface area (TPSA) is 265 Å². The van der Waals surface area contributed by atoms with Gasteiger partial charge < -0.3 is 68.5 Å². The lowest BCUT2D eigenvalue weighted by atomic mass is 10.1. The Kier molecular flexibility index (Phi) is 31.9. The molecule has 3 rings (SSSR count). The molecule has 0 saturated heterocycles. The van der Waals surface area contributed by atoms with Gasteiger partial charge in [-0.1, -0.05) is 6.92 Å². The second-order valence-corrected chi connectivity index (χ2v) is 14.8. The van der Waals surface area contributed by atoms with Gasteiger partial charge in [-0.2, -0.15) is 0 Å². The van der Waals surface area contributed by atoms with Gasteiger partial charge in [-0.25, -0.2) is 14.9 Å². The molecule has 0 saturated carbocycles. The van der Waals surface area contributed by atoms with Gasteiger partial charge >= 0.3 is 6.09 Å². The maximum atomic E-state index is 13.2. The number of hydroxylamine groups is 2. The third-order valence-corrected chi connectivity index (χ3v) is 9.51. The average Bonchev–Trinajstić information content (AvgIpc) is 3.84. The van der Waals surface area contributed by atoms with E-state index in [1.54, 1.807) is 6.08 Å². The molecular formula is C43H68N6O17S. The molecule has 0 unspecified atom stereocenters. The molecule has 23 nitrogen and oxygen atoms in total. The second-order valence-electron chi connectivity index (χ2n) is 14.0. The van der Waals surface area contributed by atoms with Crippen molar-refractivity contribution in [1.82, 2.24) is 20.6 Å². The molecule has 1 aromatic rings. The van der Waals surface area contributed by atoms with Crippen molar-refractivity contribution in [2.75, 3.05) is 172 Å². The van der Waals surface area contributed by atoms with Crippen LogP contribution >= 0.6 is 11.3 Å². The first-order valence-electron chi connectivity index (χ1n) is 22.3. The van der Waals surface area contributed by atoms with Crippen LogP contribution in [0.3, 0.4) is 0 Å². The maximum absolute atomic E-state index is 13.2. The molecule has 2 aliphatic rings. The molecule has 378 valence electrons. The van der Waals surface area contributed by atoms with Crippen molar-refractivity contribution in [3.63, 3.8) is 0 Å². The molecule has 67 heavy (non-hydrogen) atoms. The van der Waals surface area contributed by atoms with Crippen LogP contribution in [0.25, 0.3) is 6.08 Å². The summed E-state index contributed by atoms with van der Waals surface area (Å²) in [6.45, 7) is 10.5. The van der Waals surface area contributed by atoms with E-state index in [4.69, 9.17) is 62.7 Å². The molecule has 24 heteroatoms. The Morgan fingerprint density at radius 1 is 0.642 bits per heavy atom. The Hall–Kier alpha value is -4.44. The first-order chi connectivity index (χ1) is 32.8. The summed E-state index contributed by atoms with van der Waals surface area (Å²) < 4.78 is 59.7. The third-order valence-electron chi connectivity index (χ3n) is 8.76. The number of hydrogen-bond acceptors (Lipinski definition) is 20. The highest BCUT2D eigenvalue weighted by Crippen LogP contribution is 2.30. The molecule has 3 heterocycles. The molecule has 0 aromatic carbocycles. The van der Waals surface area contributed by atoms with E-state index in [1.165, 1.54) is 16.4 Å². The molecule has 2 aliphatic heterocycles. The first-order valence-corrected chi connectivity index (χ1v) is 23.3. The van der Waals surface area contributed by atoms with Gasteiger partial charge in [-0.3, -0.25) is 28.9 Å². The second kappa shape index (κ2) is 37.5. The van der Waals surface area contributed by atoms with Gasteiger partial charge in [-0.15, -0.1) is 11.3 Å². The van der Waals surface area contributed by atoms with Gasteiger partial charge in [-0.05, 0) is 12.5 Å². The molecule has 5 amide bonds. The number of thiophene rings is 1. The molecular weight excluding hydrogens is 905 g/mol. The van der Waals surface area contributed by atoms with Crippen LogP contribution in [0.2, 0.25) is 0 Å². The van der Waals surface area contributed by atoms with Gasteiger partial charge in [0.05, 0.1) is 144 Å². The van der Waals surface area contributed by atoms with Crippen LogP contribution in [-0.2, 0) is 76.1 Å². The molecule has 0 aliphatic carbocycles. The van der Waals surface area contributed by atoms with E-state index in [1.807, 2.05) is 17.7 Å². The Labute approximate surface area is 395 Å². The summed E-state index contributed by atoms with van der Waals surface area (Å²) >= 11 is 1.49. The standard InChI is InChI=1S/C43H68N6O17S/c1-2-7-49(42(53)35-30-36-33-67-34-37(36)47-38(44)31-35)66-9-6-46-43(54)65-29-28-64-27-26-63-25-24-62-23-22-61-21-20-60-19-18-59-17-16-58-15-14-57-13-12-56-11-10-55-8-5-45-39(50)32-48-40(51)3-4-41(48)52/h3-4,30,33-34H,2,5-29,31-32H2,1H3,(H2,44,47)(H,45,50)(H,46,54). The summed E-state index contributed by atoms with van der Waals surface area (Å²) in [6, 6.07) is 0. The van der Waals surface area contributed by atoms with Gasteiger partial charge in [0.1, 0.15) is 19.0 Å². The Morgan fingerprint density at radius 2 is 1.09 bits per heavy atom. The van der Waals surface area contributed by atoms with E-state index in [2.05, 4.69) is 15.6 Å². The summed E-state index contributed by atoms with van der Waals surface area (Å²) in [6.07, 6.45) is 4.34. The number of ether oxygens (including phenoxy) is 11. The number of imide groups is 1. The Morgan fingerprint density at radius 3 is 1.57 bits per heavy atom. The summed E-state index contributed by atoms with van der Waals surface area (Å²) in [7, 11) is 0. The van der Waals surface area contributed by atoms with E-state index in [-0.39, 0.29) is 58.4 Å². The molecule has 0 atom stereocenters. The third kappa shape index (κ3) is 27.2. The lowest BCUT2D eigenvalue weighted by molar-refractivity contribution is -0.181. The fourth-order valence-corrected chi connectivity index (χ4v) is 6.26. The average molecular weight is 973 g/mol. The number of amidine groups is 1. The summed E-state index contributed by atoms with van der Waals surface area (Å²) in [5.74, 6) is -1.37. The van der Waals surface area contributed by atoms with Crippen LogP contribution in [0.1, 0.15) is 25.3 Å². The number of nitrogens with one attached hydrogen (secondary N) is 2. The number of amides is 5. The highest BCUT2D eigenvalue weighted by Gasteiger charge is 2.25. The van der Waals surface area contributed by atoms with E-state index in [0.717, 1.165) is 28.3 Å². The number of nitrogens with two attached hydrogens (primary N) is 1. The molecule has 0 bridgehead atoms. The normalized spacial score (nSPS) is 13.4. The fraction of sp³-hybridized carbons (Fsp3) is 0.674. The van der Waals surface area contributed by atoms with Crippen LogP contribution < -0.4 is 16.4 Å². The number of alkyl carbamates (subject to hydrolysis) is 1. The maximum Gasteiger partial charge on any atom is 0.407 e. The molecule has 1 aromatic heterocycles. The molecule has 0 fully saturated rings. The van der Waals surface area contributed by atoms with Crippen molar-refractivity contribution in [1.29, 1.82) is 0 Å². The van der Waals surface area contributed by atoms with E-state index in [9.17, 15) is 24.0 Å². The van der Waals surface area contributed by atoms with E-state index < -0.39 is 23.8 Å². The van der Waals surface area contributed by atoms with Crippen molar-refractivity contribution in [2.24, 2.45) is 10.7 Å². The Balaban J connectivity index is 0.950. The minimum Gasteiger partial charge on any atom is -0.447 e. The number of rotatable bonds is 42. The zero-order chi connectivity index (χ0) is 48.0. The number of nitrogens with zero attached hydrogens (tertiary/aromatic N) is 3. The predicted octanol–water partition coefficient (Wildman–Crippen LogP) is 0.628. The predicted molar refractivity (Wildman–Crippen MR) is 243 cm³/mol. The minimum absolute atomic E-state index is 0.0665. The highest BCUT2D eigenvalue weighted by atomic mass is 32.1. The Bertz CT molecular complexity index is 1650. The van der Waals surface area contributed by atoms with Crippen molar-refractivity contribution >= 4 is 58.7 Å². The van der Waals surface area contributed by atoms with Gasteiger partial charge in [0, 0.05) is 60.1 Å². The van der Waals surface area contributed by atoms with E-state index >= 15 is 0 Å². The quantitative estimate of drug-likeness (QED) is 0.0461. The van der Waals surface area contributed by atoms with Gasteiger partial charge in [0.2, 0.25) is 5.91 Å². The molecule has 4 N–H and O–H groups in total. The lowest BCUT2D eigenvalue weighted by Crippen LogP contribution is -2.41. The number of aliphatic imine (C=N–C) groups is 1. The number of fused-ring (bicyclic) bond motifs is 1. The zero-order valence-corrected chi connectivity index (χ0v) is 39.3. The lowest BCUT2D eigenvalue weighted by Gasteiger charge is -2.22. The van der Waals surface area contributed by atoms with Crippen molar-refractivity contribution in [3.8, 4) is 0 Å². The van der Waals surface area contributed by atoms with Gasteiger partial charge in [0.25, 0.3) is 17.7 Å². The first kappa shape index (κ1) is 56.9. The van der Waals surface area contributed by atoms with Crippen molar-refractivity contribution in [3.05, 3.63) is 34.0 Å². The number of carbonyl (C=O) groups excluding carboxylic acids is 5. The molecule has 0 radical (unpaired) electrons. The van der Waals surface area contributed by atoms with Crippen LogP contribution in [-0.4, -0.2) is 217 Å². The monoisotopic (exact) mass is 972 g/mol. The summed E-state index contributed by atoms with van der Waals surface area (Å²) in [5.41, 5.74) is 8.09. The van der Waals surface area contributed by atoms with Gasteiger partial charge in [0.15, 0.2) is 0 Å². The minimum atomic E-state index is -0.619. The number of carbonyl (C=O) groups is 5. The van der Waals surface area contributed by atoms with Crippen LogP contribution in [0.15, 0.2) is 33.5 Å². The molecule has 0 spiro atoms. The van der Waals surface area contributed by atoms with Crippen LogP contribution in [0.5, 0.6) is 0 Å². The SMILES string of the molecule is CCCN(OCCNC(=O)OCCOCCOCCOCCOCCOCCOCCOCCOCCOCCOCCNC(=O)CN1C(=O)C=CC1=O)C(=O)C1=Cc2cscc2N=C(N)C1. The largest absolute Gasteiger partial charge is 0.447 e. The van der Waals surface area contributed by atoms with Crippen LogP contribution in [0, 0.1) is 0 Å².